The van der Waals surface area contributed by atoms with Gasteiger partial charge in [-0.15, -0.1) is 0 Å². The van der Waals surface area contributed by atoms with Gasteiger partial charge in [0.2, 0.25) is 0 Å². The Balaban J connectivity index is -0.00000364. The number of aliphatic carboxylic acids is 2. The quantitative estimate of drug-likeness (QED) is 0.118. The monoisotopic (exact) mass is 472 g/mol. The fourth-order valence-electron chi connectivity index (χ4n) is 3.50. The molecule has 0 spiro atoms. The van der Waals surface area contributed by atoms with Crippen LogP contribution in [-0.4, -0.2) is 11.9 Å². The molecule has 0 fully saturated rings. The normalized spacial score (nSPS) is 11.6. The Morgan fingerprint density at radius 1 is 0.667 bits per heavy atom. The fraction of sp³-hybridized carbons (Fsp3) is 0.833. The van der Waals surface area contributed by atoms with Gasteiger partial charge < -0.3 is 19.8 Å². The predicted molar refractivity (Wildman–Crippen MR) is 111 cm³/mol. The van der Waals surface area contributed by atoms with Crippen LogP contribution in [0.15, 0.2) is 12.2 Å². The van der Waals surface area contributed by atoms with E-state index in [9.17, 15) is 19.8 Å². The van der Waals surface area contributed by atoms with Crippen LogP contribution in [0.4, 0.5) is 0 Å². The molecule has 0 amide bonds. The summed E-state index contributed by atoms with van der Waals surface area (Å²) in [4.78, 5) is 21.3. The topological polar surface area (TPSA) is 80.3 Å². The summed E-state index contributed by atoms with van der Waals surface area (Å²) in [5.74, 6) is -3.48. The molecule has 0 aromatic heterocycles. The maximum absolute atomic E-state index is 10.8. The molecule has 0 bridgehead atoms. The summed E-state index contributed by atoms with van der Waals surface area (Å²) < 4.78 is 0. The van der Waals surface area contributed by atoms with Gasteiger partial charge in [-0.2, -0.15) is 0 Å². The molecule has 30 heavy (non-hydrogen) atoms. The zero-order chi connectivity index (χ0) is 20.9. The van der Waals surface area contributed by atoms with E-state index in [0.717, 1.165) is 19.3 Å². The smallest absolute Gasteiger partial charge is 0.550 e. The van der Waals surface area contributed by atoms with Crippen LogP contribution in [0.25, 0.3) is 0 Å². The third-order valence-electron chi connectivity index (χ3n) is 5.31. The minimum Gasteiger partial charge on any atom is -0.550 e. The zero-order valence-corrected chi connectivity index (χ0v) is 26.3. The SMILES string of the molecule is CCCCC/C=C/CCCCCCCCCCCCCC(CC(=O)[O-])C(=O)[O-].[K+].[K+]. The van der Waals surface area contributed by atoms with E-state index >= 15 is 0 Å². The summed E-state index contributed by atoms with van der Waals surface area (Å²) in [6.45, 7) is 2.24. The van der Waals surface area contributed by atoms with Gasteiger partial charge in [0.25, 0.3) is 0 Å². The number of hydrogen-bond acceptors (Lipinski definition) is 4. The fourth-order valence-corrected chi connectivity index (χ4v) is 3.50. The van der Waals surface area contributed by atoms with Crippen LogP contribution in [0, 0.1) is 5.92 Å². The molecule has 4 nitrogen and oxygen atoms in total. The average Bonchev–Trinajstić information content (AvgIpc) is 2.65. The van der Waals surface area contributed by atoms with Crippen LogP contribution < -0.4 is 113 Å². The summed E-state index contributed by atoms with van der Waals surface area (Å²) in [6.07, 6.45) is 24.2. The van der Waals surface area contributed by atoms with Gasteiger partial charge in [0, 0.05) is 17.9 Å². The summed E-state index contributed by atoms with van der Waals surface area (Å²) in [5.41, 5.74) is 0. The minimum atomic E-state index is -1.31. The van der Waals surface area contributed by atoms with E-state index in [1.54, 1.807) is 0 Å². The van der Waals surface area contributed by atoms with Crippen molar-refractivity contribution < 1.29 is 123 Å². The number of carboxylic acid groups (broad SMARTS) is 2. The standard InChI is InChI=1S/C24H44O4.2K/c1-2-3-4-5-6-7-8-9-10-11-12-13-14-15-16-17-18-19-20-22(24(27)28)21-23(25)26;;/h6-7,22H,2-5,8-21H2,1H3,(H,25,26)(H,27,28);;/q;2*+1/p-2/b7-6+;;. The van der Waals surface area contributed by atoms with E-state index in [1.807, 2.05) is 0 Å². The van der Waals surface area contributed by atoms with Crippen LogP contribution in [-0.2, 0) is 9.59 Å². The molecule has 0 aliphatic heterocycles. The maximum Gasteiger partial charge on any atom is 1.00 e. The third-order valence-corrected chi connectivity index (χ3v) is 5.31. The number of carbonyl (C=O) groups excluding carboxylic acids is 2. The second-order valence-corrected chi connectivity index (χ2v) is 8.03. The summed E-state index contributed by atoms with van der Waals surface area (Å²) >= 11 is 0. The van der Waals surface area contributed by atoms with Crippen molar-refractivity contribution in [3.8, 4) is 0 Å². The Labute approximate surface area is 270 Å². The zero-order valence-electron chi connectivity index (χ0n) is 20.1. The summed E-state index contributed by atoms with van der Waals surface area (Å²) in [6, 6.07) is 0. The Morgan fingerprint density at radius 2 is 1.07 bits per heavy atom. The van der Waals surface area contributed by atoms with Crippen LogP contribution in [0.2, 0.25) is 0 Å². The molecule has 0 aliphatic rings. The Bertz CT molecular complexity index is 414. The molecule has 0 aromatic carbocycles. The molecule has 0 N–H and O–H groups in total. The minimum absolute atomic E-state index is 0. The molecular weight excluding hydrogens is 430 g/mol. The van der Waals surface area contributed by atoms with E-state index < -0.39 is 24.3 Å². The number of carboxylic acids is 2. The van der Waals surface area contributed by atoms with Gasteiger partial charge in [0.05, 0.1) is 0 Å². The van der Waals surface area contributed by atoms with Crippen molar-refractivity contribution in [3.05, 3.63) is 12.2 Å². The first-order valence-electron chi connectivity index (χ1n) is 11.6. The summed E-state index contributed by atoms with van der Waals surface area (Å²) in [5, 5.41) is 21.3. The van der Waals surface area contributed by atoms with Crippen LogP contribution in [0.3, 0.4) is 0 Å². The summed E-state index contributed by atoms with van der Waals surface area (Å²) in [7, 11) is 0. The predicted octanol–water partition coefficient (Wildman–Crippen LogP) is -1.29. The maximum atomic E-state index is 10.8. The van der Waals surface area contributed by atoms with Gasteiger partial charge in [0.15, 0.2) is 0 Å². The first-order chi connectivity index (χ1) is 13.6. The van der Waals surface area contributed by atoms with Crippen molar-refractivity contribution in [3.63, 3.8) is 0 Å². The molecule has 0 heterocycles. The Hall–Kier alpha value is 1.95. The number of unbranched alkanes of at least 4 members (excludes halogenated alkanes) is 14. The van der Waals surface area contributed by atoms with Gasteiger partial charge in [-0.25, -0.2) is 0 Å². The Morgan fingerprint density at radius 3 is 1.47 bits per heavy atom. The van der Waals surface area contributed by atoms with Gasteiger partial charge in [-0.3, -0.25) is 0 Å². The van der Waals surface area contributed by atoms with Crippen molar-refractivity contribution in [2.75, 3.05) is 0 Å². The van der Waals surface area contributed by atoms with E-state index in [-0.39, 0.29) is 103 Å². The average molecular weight is 473 g/mol. The molecule has 0 radical (unpaired) electrons. The Kier molecular flexibility index (Phi) is 35.3. The van der Waals surface area contributed by atoms with E-state index in [4.69, 9.17) is 0 Å². The van der Waals surface area contributed by atoms with Gasteiger partial charge in [0.1, 0.15) is 0 Å². The van der Waals surface area contributed by atoms with E-state index in [0.29, 0.717) is 6.42 Å². The van der Waals surface area contributed by atoms with E-state index in [1.165, 1.54) is 83.5 Å². The van der Waals surface area contributed by atoms with Crippen molar-refractivity contribution in [1.29, 1.82) is 0 Å². The number of hydrogen-bond donors (Lipinski definition) is 0. The van der Waals surface area contributed by atoms with Crippen LogP contribution >= 0.6 is 0 Å². The largest absolute Gasteiger partial charge is 1.00 e. The van der Waals surface area contributed by atoms with E-state index in [2.05, 4.69) is 19.1 Å². The van der Waals surface area contributed by atoms with Crippen molar-refractivity contribution in [2.24, 2.45) is 5.92 Å². The molecular formula is C24H42K2O4. The van der Waals surface area contributed by atoms with Crippen LogP contribution in [0.1, 0.15) is 122 Å². The first kappa shape index (κ1) is 36.5. The van der Waals surface area contributed by atoms with Crippen molar-refractivity contribution in [1.82, 2.24) is 0 Å². The second kappa shape index (κ2) is 29.0. The third kappa shape index (κ3) is 28.0. The molecule has 0 saturated heterocycles. The molecule has 0 aromatic rings. The first-order valence-corrected chi connectivity index (χ1v) is 11.6. The number of allylic oxidation sites excluding steroid dienone is 2. The molecule has 1 atom stereocenters. The molecule has 0 rings (SSSR count). The van der Waals surface area contributed by atoms with Gasteiger partial charge in [-0.05, 0) is 38.5 Å². The van der Waals surface area contributed by atoms with Crippen LogP contribution in [0.5, 0.6) is 0 Å². The van der Waals surface area contributed by atoms with Crippen molar-refractivity contribution >= 4 is 11.9 Å². The molecule has 6 heteroatoms. The molecule has 1 unspecified atom stereocenters. The molecule has 164 valence electrons. The van der Waals surface area contributed by atoms with Gasteiger partial charge >= 0.3 is 103 Å². The second-order valence-electron chi connectivity index (χ2n) is 8.03. The number of rotatable bonds is 21. The molecule has 0 saturated carbocycles. The number of carbonyl (C=O) groups is 2. The van der Waals surface area contributed by atoms with Gasteiger partial charge in [-0.1, -0.05) is 96.1 Å². The van der Waals surface area contributed by atoms with Crippen molar-refractivity contribution in [2.45, 2.75) is 122 Å². The molecule has 0 aliphatic carbocycles.